The van der Waals surface area contributed by atoms with Crippen molar-refractivity contribution in [2.24, 2.45) is 0 Å². The predicted octanol–water partition coefficient (Wildman–Crippen LogP) is 5.68. The Morgan fingerprint density at radius 1 is 0.714 bits per heavy atom. The summed E-state index contributed by atoms with van der Waals surface area (Å²) in [4.78, 5) is 2.27. The van der Waals surface area contributed by atoms with E-state index in [1.807, 2.05) is 0 Å². The zero-order valence-electron chi connectivity index (χ0n) is 18.6. The molecule has 3 heteroatoms. The maximum Gasteiger partial charge on any atom is 0.122 e. The monoisotopic (exact) mass is 383 g/mol. The fraction of sp³-hybridized carbons (Fsp3) is 0.520. The Hall–Kier alpha value is -2.00. The van der Waals surface area contributed by atoms with Crippen LogP contribution < -0.4 is 0 Å². The zero-order valence-corrected chi connectivity index (χ0v) is 18.6. The highest BCUT2D eigenvalue weighted by molar-refractivity contribution is 5.46. The Morgan fingerprint density at radius 3 is 1.39 bits per heavy atom. The maximum atomic E-state index is 10.6. The molecule has 0 radical (unpaired) electrons. The lowest BCUT2D eigenvalue weighted by molar-refractivity contribution is 0.337. The van der Waals surface area contributed by atoms with Crippen LogP contribution in [0, 0.1) is 13.8 Å². The molecule has 28 heavy (non-hydrogen) atoms. The number of benzene rings is 2. The summed E-state index contributed by atoms with van der Waals surface area (Å²) in [7, 11) is 2.10. The molecule has 0 bridgehead atoms. The van der Waals surface area contributed by atoms with E-state index in [0.717, 1.165) is 48.2 Å². The average molecular weight is 384 g/mol. The molecule has 0 fully saturated rings. The van der Waals surface area contributed by atoms with Crippen molar-refractivity contribution in [2.75, 3.05) is 20.1 Å². The highest BCUT2D eigenvalue weighted by atomic mass is 16.3. The summed E-state index contributed by atoms with van der Waals surface area (Å²) in [6, 6.07) is 8.35. The lowest BCUT2D eigenvalue weighted by Crippen LogP contribution is -2.24. The lowest BCUT2D eigenvalue weighted by Gasteiger charge is -2.20. The molecule has 0 aliphatic rings. The zero-order chi connectivity index (χ0) is 21.0. The van der Waals surface area contributed by atoms with Gasteiger partial charge in [-0.3, -0.25) is 0 Å². The smallest absolute Gasteiger partial charge is 0.122 e. The molecule has 2 rings (SSSR count). The van der Waals surface area contributed by atoms with Crippen LogP contribution in [0.3, 0.4) is 0 Å². The second-order valence-corrected chi connectivity index (χ2v) is 8.84. The number of phenolic OH excluding ortho intramolecular Hbond substituents is 2. The third-order valence-corrected chi connectivity index (χ3v) is 5.50. The third kappa shape index (κ3) is 5.51. The minimum absolute atomic E-state index is 0.316. The van der Waals surface area contributed by atoms with Crippen LogP contribution in [0.15, 0.2) is 24.3 Å². The van der Waals surface area contributed by atoms with E-state index in [9.17, 15) is 10.2 Å². The highest BCUT2D eigenvalue weighted by Crippen LogP contribution is 2.32. The van der Waals surface area contributed by atoms with E-state index in [2.05, 4.69) is 77.8 Å². The van der Waals surface area contributed by atoms with Gasteiger partial charge in [0, 0.05) is 13.1 Å². The molecule has 0 atom stereocenters. The first kappa shape index (κ1) is 22.3. The number of phenols is 2. The van der Waals surface area contributed by atoms with Crippen molar-refractivity contribution < 1.29 is 10.2 Å². The van der Waals surface area contributed by atoms with Crippen LogP contribution >= 0.6 is 0 Å². The first-order valence-electron chi connectivity index (χ1n) is 10.4. The molecule has 0 amide bonds. The van der Waals surface area contributed by atoms with E-state index < -0.39 is 0 Å². The van der Waals surface area contributed by atoms with Gasteiger partial charge in [-0.2, -0.15) is 0 Å². The van der Waals surface area contributed by atoms with Gasteiger partial charge in [-0.1, -0.05) is 63.1 Å². The van der Waals surface area contributed by atoms with Crippen LogP contribution in [0.5, 0.6) is 11.5 Å². The summed E-state index contributed by atoms with van der Waals surface area (Å²) in [5, 5.41) is 21.2. The Kier molecular flexibility index (Phi) is 7.54. The van der Waals surface area contributed by atoms with Gasteiger partial charge in [0.2, 0.25) is 0 Å². The number of aryl methyl sites for hydroxylation is 2. The van der Waals surface area contributed by atoms with Gasteiger partial charge < -0.3 is 15.1 Å². The fourth-order valence-corrected chi connectivity index (χ4v) is 3.76. The third-order valence-electron chi connectivity index (χ3n) is 5.50. The lowest BCUT2D eigenvalue weighted by atomic mass is 9.95. The number of rotatable bonds is 8. The van der Waals surface area contributed by atoms with E-state index in [1.54, 1.807) is 0 Å². The molecule has 0 spiro atoms. The van der Waals surface area contributed by atoms with Crippen molar-refractivity contribution in [3.05, 3.63) is 57.6 Å². The Labute approximate surface area is 171 Å². The van der Waals surface area contributed by atoms with E-state index in [-0.39, 0.29) is 0 Å². The van der Waals surface area contributed by atoms with Crippen molar-refractivity contribution in [2.45, 2.75) is 66.2 Å². The number of hydrogen-bond donors (Lipinski definition) is 2. The molecule has 2 aromatic rings. The van der Waals surface area contributed by atoms with E-state index in [0.29, 0.717) is 23.3 Å². The van der Waals surface area contributed by atoms with Crippen molar-refractivity contribution >= 4 is 0 Å². The van der Waals surface area contributed by atoms with Gasteiger partial charge in [0.15, 0.2) is 0 Å². The van der Waals surface area contributed by atoms with E-state index in [4.69, 9.17) is 0 Å². The minimum Gasteiger partial charge on any atom is -0.507 e. The van der Waals surface area contributed by atoms with Gasteiger partial charge in [0.05, 0.1) is 0 Å². The standard InChI is InChI=1S/C25H37NO2/c1-16(2)22-14-18(5)12-20(24(22)27)8-10-26(7)11-9-21-13-19(6)15-23(17(3)4)25(21)28/h12-17,27-28H,8-11H2,1-7H3. The van der Waals surface area contributed by atoms with Crippen LogP contribution in [0.25, 0.3) is 0 Å². The quantitative estimate of drug-likeness (QED) is 0.616. The predicted molar refractivity (Wildman–Crippen MR) is 119 cm³/mol. The number of hydrogen-bond acceptors (Lipinski definition) is 3. The van der Waals surface area contributed by atoms with Gasteiger partial charge in [0.25, 0.3) is 0 Å². The van der Waals surface area contributed by atoms with E-state index >= 15 is 0 Å². The Morgan fingerprint density at radius 2 is 1.07 bits per heavy atom. The SMILES string of the molecule is Cc1cc(CCN(C)CCc2cc(C)cc(C(C)C)c2O)c(O)c(C(C)C)c1. The van der Waals surface area contributed by atoms with Crippen LogP contribution in [0.4, 0.5) is 0 Å². The van der Waals surface area contributed by atoms with Crippen LogP contribution in [-0.4, -0.2) is 35.3 Å². The minimum atomic E-state index is 0.316. The normalized spacial score (nSPS) is 11.8. The molecule has 0 heterocycles. The summed E-state index contributed by atoms with van der Waals surface area (Å²) in [6.45, 7) is 14.4. The molecular formula is C25H37NO2. The Balaban J connectivity index is 2.02. The molecule has 2 aromatic carbocycles. The summed E-state index contributed by atoms with van der Waals surface area (Å²) in [5.74, 6) is 1.53. The first-order valence-corrected chi connectivity index (χ1v) is 10.4. The van der Waals surface area contributed by atoms with E-state index in [1.165, 1.54) is 11.1 Å². The molecular weight excluding hydrogens is 346 g/mol. The van der Waals surface area contributed by atoms with Gasteiger partial charge in [-0.05, 0) is 67.8 Å². The van der Waals surface area contributed by atoms with Crippen molar-refractivity contribution in [3.8, 4) is 11.5 Å². The summed E-state index contributed by atoms with van der Waals surface area (Å²) in [5.41, 5.74) is 6.51. The molecule has 3 nitrogen and oxygen atoms in total. The Bertz CT molecular complexity index is 741. The molecule has 0 saturated heterocycles. The van der Waals surface area contributed by atoms with Crippen LogP contribution in [-0.2, 0) is 12.8 Å². The largest absolute Gasteiger partial charge is 0.507 e. The summed E-state index contributed by atoms with van der Waals surface area (Å²) in [6.07, 6.45) is 1.64. The van der Waals surface area contributed by atoms with Gasteiger partial charge in [-0.15, -0.1) is 0 Å². The molecule has 0 saturated carbocycles. The molecule has 0 unspecified atom stereocenters. The topological polar surface area (TPSA) is 43.7 Å². The van der Waals surface area contributed by atoms with Crippen molar-refractivity contribution in [1.82, 2.24) is 4.90 Å². The molecule has 0 aliphatic heterocycles. The van der Waals surface area contributed by atoms with Crippen LogP contribution in [0.2, 0.25) is 0 Å². The fourth-order valence-electron chi connectivity index (χ4n) is 3.76. The highest BCUT2D eigenvalue weighted by Gasteiger charge is 2.14. The van der Waals surface area contributed by atoms with Crippen LogP contribution in [0.1, 0.15) is 72.9 Å². The molecule has 154 valence electrons. The second kappa shape index (κ2) is 9.47. The summed E-state index contributed by atoms with van der Waals surface area (Å²) >= 11 is 0. The number of aromatic hydroxyl groups is 2. The first-order chi connectivity index (χ1) is 13.1. The van der Waals surface area contributed by atoms with Gasteiger partial charge in [-0.25, -0.2) is 0 Å². The van der Waals surface area contributed by atoms with Crippen molar-refractivity contribution in [3.63, 3.8) is 0 Å². The number of nitrogens with zero attached hydrogens (tertiary/aromatic N) is 1. The molecule has 2 N–H and O–H groups in total. The average Bonchev–Trinajstić information content (AvgIpc) is 2.61. The maximum absolute atomic E-state index is 10.6. The number of likely N-dealkylation sites (N-methyl/N-ethyl adjacent to an activating group) is 1. The molecule has 0 aromatic heterocycles. The second-order valence-electron chi connectivity index (χ2n) is 8.84. The van der Waals surface area contributed by atoms with Gasteiger partial charge in [0.1, 0.15) is 11.5 Å². The summed E-state index contributed by atoms with van der Waals surface area (Å²) < 4.78 is 0. The van der Waals surface area contributed by atoms with Crippen molar-refractivity contribution in [1.29, 1.82) is 0 Å². The van der Waals surface area contributed by atoms with Gasteiger partial charge >= 0.3 is 0 Å². The molecule has 0 aliphatic carbocycles.